The summed E-state index contributed by atoms with van der Waals surface area (Å²) in [5.41, 5.74) is 0.978. The molecule has 18 heavy (non-hydrogen) atoms. The Morgan fingerprint density at radius 3 is 2.50 bits per heavy atom. The summed E-state index contributed by atoms with van der Waals surface area (Å²) >= 11 is 0. The van der Waals surface area contributed by atoms with Crippen molar-refractivity contribution in [3.8, 4) is 11.5 Å². The molecule has 0 aliphatic rings. The normalized spacial score (nSPS) is 14.4. The van der Waals surface area contributed by atoms with Crippen molar-refractivity contribution in [2.75, 3.05) is 0 Å². The standard InChI is InChI=1S/C15H20N2O/c1-4-8-11(2)12(3)14-16-17-15(18-14)13-9-6-5-7-10-13/h5-7,9-12H,4,8H2,1-3H3. The molecule has 2 unspecified atom stereocenters. The number of aromatic nitrogens is 2. The first-order valence-electron chi connectivity index (χ1n) is 6.61. The summed E-state index contributed by atoms with van der Waals surface area (Å²) in [5.74, 6) is 2.24. The minimum atomic E-state index is 0.315. The molecule has 1 heterocycles. The smallest absolute Gasteiger partial charge is 0.247 e. The van der Waals surface area contributed by atoms with Crippen LogP contribution in [0.15, 0.2) is 34.7 Å². The van der Waals surface area contributed by atoms with Crippen molar-refractivity contribution >= 4 is 0 Å². The van der Waals surface area contributed by atoms with Gasteiger partial charge in [-0.3, -0.25) is 0 Å². The molecule has 0 N–H and O–H groups in total. The van der Waals surface area contributed by atoms with Crippen LogP contribution in [0.5, 0.6) is 0 Å². The zero-order chi connectivity index (χ0) is 13.0. The van der Waals surface area contributed by atoms with E-state index in [1.165, 1.54) is 12.8 Å². The van der Waals surface area contributed by atoms with E-state index in [0.29, 0.717) is 17.7 Å². The first-order valence-corrected chi connectivity index (χ1v) is 6.61. The molecule has 0 amide bonds. The summed E-state index contributed by atoms with van der Waals surface area (Å²) < 4.78 is 5.78. The van der Waals surface area contributed by atoms with Gasteiger partial charge in [-0.2, -0.15) is 0 Å². The maximum Gasteiger partial charge on any atom is 0.247 e. The molecule has 0 radical (unpaired) electrons. The average molecular weight is 244 g/mol. The Morgan fingerprint density at radius 2 is 1.83 bits per heavy atom. The summed E-state index contributed by atoms with van der Waals surface area (Å²) in [7, 11) is 0. The van der Waals surface area contributed by atoms with E-state index in [1.807, 2.05) is 30.3 Å². The molecule has 0 aliphatic heterocycles. The van der Waals surface area contributed by atoms with Gasteiger partial charge in [0.25, 0.3) is 0 Å². The zero-order valence-electron chi connectivity index (χ0n) is 11.3. The van der Waals surface area contributed by atoms with Crippen LogP contribution in [-0.4, -0.2) is 10.2 Å². The van der Waals surface area contributed by atoms with Crippen LogP contribution in [0.1, 0.15) is 45.4 Å². The Balaban J connectivity index is 2.15. The molecule has 3 heteroatoms. The van der Waals surface area contributed by atoms with Gasteiger partial charge in [-0.15, -0.1) is 10.2 Å². The molecule has 0 saturated heterocycles. The van der Waals surface area contributed by atoms with Crippen molar-refractivity contribution in [1.82, 2.24) is 10.2 Å². The molecule has 1 aromatic heterocycles. The number of benzene rings is 1. The Morgan fingerprint density at radius 1 is 1.11 bits per heavy atom. The highest BCUT2D eigenvalue weighted by Crippen LogP contribution is 2.28. The molecule has 0 bridgehead atoms. The Bertz CT molecular complexity index is 478. The third kappa shape index (κ3) is 2.78. The third-order valence-corrected chi connectivity index (χ3v) is 3.45. The second-order valence-electron chi connectivity index (χ2n) is 4.87. The Hall–Kier alpha value is -1.64. The van der Waals surface area contributed by atoms with Gasteiger partial charge in [0.2, 0.25) is 11.8 Å². The lowest BCUT2D eigenvalue weighted by atomic mass is 9.92. The van der Waals surface area contributed by atoms with E-state index in [4.69, 9.17) is 4.42 Å². The fraction of sp³-hybridized carbons (Fsp3) is 0.467. The molecule has 96 valence electrons. The number of rotatable bonds is 5. The molecule has 1 aromatic carbocycles. The number of hydrogen-bond acceptors (Lipinski definition) is 3. The van der Waals surface area contributed by atoms with Crippen LogP contribution in [0.3, 0.4) is 0 Å². The first kappa shape index (κ1) is 12.8. The van der Waals surface area contributed by atoms with E-state index in [2.05, 4.69) is 31.0 Å². The molecule has 2 aromatic rings. The summed E-state index contributed by atoms with van der Waals surface area (Å²) in [6.07, 6.45) is 2.37. The molecule has 0 spiro atoms. The monoisotopic (exact) mass is 244 g/mol. The number of hydrogen-bond donors (Lipinski definition) is 0. The van der Waals surface area contributed by atoms with E-state index in [1.54, 1.807) is 0 Å². The van der Waals surface area contributed by atoms with Gasteiger partial charge in [-0.25, -0.2) is 0 Å². The van der Waals surface area contributed by atoms with Crippen LogP contribution >= 0.6 is 0 Å². The molecular formula is C15H20N2O. The van der Waals surface area contributed by atoms with Crippen molar-refractivity contribution in [2.24, 2.45) is 5.92 Å². The van der Waals surface area contributed by atoms with Gasteiger partial charge < -0.3 is 4.42 Å². The Kier molecular flexibility index (Phi) is 4.13. The largest absolute Gasteiger partial charge is 0.420 e. The van der Waals surface area contributed by atoms with E-state index in [-0.39, 0.29) is 0 Å². The van der Waals surface area contributed by atoms with Crippen molar-refractivity contribution < 1.29 is 4.42 Å². The SMILES string of the molecule is CCCC(C)C(C)c1nnc(-c2ccccc2)o1. The lowest BCUT2D eigenvalue weighted by molar-refractivity contribution is 0.369. The average Bonchev–Trinajstić information content (AvgIpc) is 2.89. The van der Waals surface area contributed by atoms with Crippen LogP contribution in [-0.2, 0) is 0 Å². The maximum absolute atomic E-state index is 5.78. The van der Waals surface area contributed by atoms with Crippen molar-refractivity contribution in [3.05, 3.63) is 36.2 Å². The van der Waals surface area contributed by atoms with Crippen LogP contribution in [0.4, 0.5) is 0 Å². The van der Waals surface area contributed by atoms with Gasteiger partial charge >= 0.3 is 0 Å². The molecule has 0 fully saturated rings. The lowest BCUT2D eigenvalue weighted by Crippen LogP contribution is -2.06. The molecule has 0 aliphatic carbocycles. The topological polar surface area (TPSA) is 38.9 Å². The quantitative estimate of drug-likeness (QED) is 0.788. The first-order chi connectivity index (χ1) is 8.72. The predicted octanol–water partition coefficient (Wildman–Crippen LogP) is 4.28. The molecule has 0 saturated carbocycles. The minimum absolute atomic E-state index is 0.315. The van der Waals surface area contributed by atoms with Gasteiger partial charge in [-0.1, -0.05) is 51.8 Å². The van der Waals surface area contributed by atoms with E-state index in [9.17, 15) is 0 Å². The van der Waals surface area contributed by atoms with E-state index in [0.717, 1.165) is 11.5 Å². The Labute approximate surface area is 108 Å². The fourth-order valence-electron chi connectivity index (χ4n) is 2.06. The maximum atomic E-state index is 5.78. The van der Waals surface area contributed by atoms with Gasteiger partial charge in [-0.05, 0) is 18.1 Å². The summed E-state index contributed by atoms with van der Waals surface area (Å²) in [6.45, 7) is 6.59. The summed E-state index contributed by atoms with van der Waals surface area (Å²) in [4.78, 5) is 0. The van der Waals surface area contributed by atoms with Gasteiger partial charge in [0.15, 0.2) is 0 Å². The fourth-order valence-corrected chi connectivity index (χ4v) is 2.06. The molecule has 3 nitrogen and oxygen atoms in total. The highest BCUT2D eigenvalue weighted by atomic mass is 16.4. The van der Waals surface area contributed by atoms with Crippen LogP contribution in [0, 0.1) is 5.92 Å². The van der Waals surface area contributed by atoms with Crippen LogP contribution < -0.4 is 0 Å². The lowest BCUT2D eigenvalue weighted by Gasteiger charge is -2.14. The molecule has 2 atom stereocenters. The summed E-state index contributed by atoms with van der Waals surface area (Å²) in [6, 6.07) is 9.90. The predicted molar refractivity (Wildman–Crippen MR) is 72.2 cm³/mol. The highest BCUT2D eigenvalue weighted by molar-refractivity contribution is 5.51. The highest BCUT2D eigenvalue weighted by Gasteiger charge is 2.20. The minimum Gasteiger partial charge on any atom is -0.420 e. The van der Waals surface area contributed by atoms with Gasteiger partial charge in [0.05, 0.1) is 0 Å². The molecule has 2 rings (SSSR count). The van der Waals surface area contributed by atoms with Gasteiger partial charge in [0, 0.05) is 11.5 Å². The van der Waals surface area contributed by atoms with Crippen molar-refractivity contribution in [2.45, 2.75) is 39.5 Å². The van der Waals surface area contributed by atoms with Crippen LogP contribution in [0.25, 0.3) is 11.5 Å². The molecular weight excluding hydrogens is 224 g/mol. The second-order valence-corrected chi connectivity index (χ2v) is 4.87. The van der Waals surface area contributed by atoms with Crippen molar-refractivity contribution in [3.63, 3.8) is 0 Å². The van der Waals surface area contributed by atoms with E-state index < -0.39 is 0 Å². The summed E-state index contributed by atoms with van der Waals surface area (Å²) in [5, 5.41) is 8.31. The zero-order valence-corrected chi connectivity index (χ0v) is 11.3. The van der Waals surface area contributed by atoms with E-state index >= 15 is 0 Å². The van der Waals surface area contributed by atoms with Crippen molar-refractivity contribution in [1.29, 1.82) is 0 Å². The second kappa shape index (κ2) is 5.80. The third-order valence-electron chi connectivity index (χ3n) is 3.45. The van der Waals surface area contributed by atoms with Crippen LogP contribution in [0.2, 0.25) is 0 Å². The van der Waals surface area contributed by atoms with Gasteiger partial charge in [0.1, 0.15) is 0 Å². The number of nitrogens with zero attached hydrogens (tertiary/aromatic N) is 2.